The van der Waals surface area contributed by atoms with E-state index < -0.39 is 5.97 Å². The van der Waals surface area contributed by atoms with Gasteiger partial charge < -0.3 is 20.5 Å². The van der Waals surface area contributed by atoms with Crippen molar-refractivity contribution in [2.24, 2.45) is 0 Å². The van der Waals surface area contributed by atoms with Crippen molar-refractivity contribution < 1.29 is 14.3 Å². The molecule has 0 amide bonds. The van der Waals surface area contributed by atoms with Gasteiger partial charge in [-0.05, 0) is 25.8 Å². The molecule has 19 heavy (non-hydrogen) atoms. The number of nitrogens with two attached hydrogens (primary N) is 1. The number of carbonyl (C=O) groups excluding carboxylic acids is 1. The van der Waals surface area contributed by atoms with Crippen LogP contribution in [0.1, 0.15) is 30.1 Å². The van der Waals surface area contributed by atoms with Crippen LogP contribution in [0.2, 0.25) is 0 Å². The van der Waals surface area contributed by atoms with Crippen LogP contribution < -0.4 is 11.1 Å². The van der Waals surface area contributed by atoms with E-state index in [-0.39, 0.29) is 0 Å². The Bertz CT molecular complexity index is 410. The molecule has 0 aliphatic carbocycles. The Labute approximate surface area is 113 Å². The van der Waals surface area contributed by atoms with Crippen LogP contribution in [0.3, 0.4) is 0 Å². The number of hydrogen-bond acceptors (Lipinski definition) is 6. The first-order valence-corrected chi connectivity index (χ1v) is 6.34. The van der Waals surface area contributed by atoms with E-state index in [1.165, 1.54) is 6.20 Å². The summed E-state index contributed by atoms with van der Waals surface area (Å²) < 4.78 is 9.90. The van der Waals surface area contributed by atoms with E-state index in [1.807, 2.05) is 0 Å². The fraction of sp³-hybridized carbons (Fsp3) is 0.538. The molecule has 1 aromatic heterocycles. The highest BCUT2D eigenvalue weighted by Crippen LogP contribution is 2.16. The molecule has 6 nitrogen and oxygen atoms in total. The number of ether oxygens (including phenoxy) is 2. The molecule has 0 aliphatic heterocycles. The molecule has 0 saturated heterocycles. The number of methoxy groups -OCH3 is 1. The fourth-order valence-corrected chi connectivity index (χ4v) is 1.54. The van der Waals surface area contributed by atoms with Gasteiger partial charge in [0.1, 0.15) is 5.82 Å². The van der Waals surface area contributed by atoms with Crippen molar-refractivity contribution in [3.63, 3.8) is 0 Å². The fourth-order valence-electron chi connectivity index (χ4n) is 1.54. The molecule has 106 valence electrons. The van der Waals surface area contributed by atoms with E-state index in [0.717, 1.165) is 26.0 Å². The molecule has 0 saturated carbocycles. The Balaban J connectivity index is 2.55. The van der Waals surface area contributed by atoms with Gasteiger partial charge in [0.05, 0.1) is 24.1 Å². The number of nitrogen functional groups attached to an aromatic ring is 1. The van der Waals surface area contributed by atoms with E-state index in [2.05, 4.69) is 10.3 Å². The largest absolute Gasteiger partial charge is 0.462 e. The molecule has 0 spiro atoms. The summed E-state index contributed by atoms with van der Waals surface area (Å²) in [4.78, 5) is 15.8. The van der Waals surface area contributed by atoms with Gasteiger partial charge in [-0.3, -0.25) is 0 Å². The molecule has 0 unspecified atom stereocenters. The van der Waals surface area contributed by atoms with Crippen LogP contribution in [-0.4, -0.2) is 37.8 Å². The SMILES string of the molecule is CCOC(=O)c1cc(NCCCCOC)ncc1N. The minimum atomic E-state index is -0.426. The van der Waals surface area contributed by atoms with Crippen molar-refractivity contribution >= 4 is 17.5 Å². The van der Waals surface area contributed by atoms with Gasteiger partial charge in [-0.1, -0.05) is 0 Å². The van der Waals surface area contributed by atoms with Crippen LogP contribution >= 0.6 is 0 Å². The van der Waals surface area contributed by atoms with Gasteiger partial charge in [-0.15, -0.1) is 0 Å². The summed E-state index contributed by atoms with van der Waals surface area (Å²) in [5, 5.41) is 3.14. The van der Waals surface area contributed by atoms with Crippen molar-refractivity contribution in [1.82, 2.24) is 4.98 Å². The molecule has 0 radical (unpaired) electrons. The maximum absolute atomic E-state index is 11.7. The summed E-state index contributed by atoms with van der Waals surface area (Å²) in [7, 11) is 1.68. The summed E-state index contributed by atoms with van der Waals surface area (Å²) in [6.07, 6.45) is 3.40. The number of nitrogens with zero attached hydrogens (tertiary/aromatic N) is 1. The zero-order chi connectivity index (χ0) is 14.1. The van der Waals surface area contributed by atoms with Crippen LogP contribution in [0.25, 0.3) is 0 Å². The van der Waals surface area contributed by atoms with Gasteiger partial charge in [-0.25, -0.2) is 9.78 Å². The average molecular weight is 267 g/mol. The van der Waals surface area contributed by atoms with E-state index in [0.29, 0.717) is 23.7 Å². The number of carbonyl (C=O) groups is 1. The highest BCUT2D eigenvalue weighted by atomic mass is 16.5. The molecular weight excluding hydrogens is 246 g/mol. The van der Waals surface area contributed by atoms with Gasteiger partial charge in [0.25, 0.3) is 0 Å². The molecule has 1 aromatic rings. The molecule has 0 atom stereocenters. The number of unbranched alkanes of at least 4 members (excludes halogenated alkanes) is 1. The Kier molecular flexibility index (Phi) is 6.67. The Morgan fingerprint density at radius 2 is 2.26 bits per heavy atom. The third kappa shape index (κ3) is 5.13. The van der Waals surface area contributed by atoms with Crippen LogP contribution in [-0.2, 0) is 9.47 Å². The number of pyridine rings is 1. The smallest absolute Gasteiger partial charge is 0.340 e. The quantitative estimate of drug-likeness (QED) is 0.550. The lowest BCUT2D eigenvalue weighted by atomic mass is 10.2. The topological polar surface area (TPSA) is 86.5 Å². The number of hydrogen-bond donors (Lipinski definition) is 2. The number of nitrogens with one attached hydrogen (secondary N) is 1. The molecule has 1 heterocycles. The standard InChI is InChI=1S/C13H21N3O3/c1-3-19-13(17)10-8-12(16-9-11(10)14)15-6-4-5-7-18-2/h8-9H,3-7,14H2,1-2H3,(H,15,16). The first-order chi connectivity index (χ1) is 9.19. The summed E-state index contributed by atoms with van der Waals surface area (Å²) in [6.45, 7) is 3.58. The second kappa shape index (κ2) is 8.31. The molecule has 0 fully saturated rings. The first-order valence-electron chi connectivity index (χ1n) is 6.34. The van der Waals surface area contributed by atoms with Crippen molar-refractivity contribution in [2.45, 2.75) is 19.8 Å². The van der Waals surface area contributed by atoms with E-state index >= 15 is 0 Å². The first kappa shape index (κ1) is 15.2. The lowest BCUT2D eigenvalue weighted by Gasteiger charge is -2.09. The predicted molar refractivity (Wildman–Crippen MR) is 74.2 cm³/mol. The van der Waals surface area contributed by atoms with Crippen molar-refractivity contribution in [1.29, 1.82) is 0 Å². The Hall–Kier alpha value is -1.82. The molecule has 0 aliphatic rings. The minimum Gasteiger partial charge on any atom is -0.462 e. The molecule has 3 N–H and O–H groups in total. The average Bonchev–Trinajstić information content (AvgIpc) is 2.40. The third-order valence-electron chi connectivity index (χ3n) is 2.51. The van der Waals surface area contributed by atoms with Crippen LogP contribution in [0.5, 0.6) is 0 Å². The Morgan fingerprint density at radius 3 is 2.95 bits per heavy atom. The van der Waals surface area contributed by atoms with Crippen molar-refractivity contribution in [2.75, 3.05) is 37.9 Å². The number of aromatic nitrogens is 1. The summed E-state index contributed by atoms with van der Waals surface area (Å²) in [6, 6.07) is 1.61. The van der Waals surface area contributed by atoms with Gasteiger partial charge in [0, 0.05) is 20.3 Å². The molecule has 1 rings (SSSR count). The summed E-state index contributed by atoms with van der Waals surface area (Å²) in [5.41, 5.74) is 6.37. The van der Waals surface area contributed by atoms with E-state index in [9.17, 15) is 4.79 Å². The lowest BCUT2D eigenvalue weighted by molar-refractivity contribution is 0.0527. The molecule has 6 heteroatoms. The summed E-state index contributed by atoms with van der Waals surface area (Å²) >= 11 is 0. The number of esters is 1. The minimum absolute atomic E-state index is 0.320. The van der Waals surface area contributed by atoms with E-state index in [4.69, 9.17) is 15.2 Å². The van der Waals surface area contributed by atoms with Gasteiger partial charge in [-0.2, -0.15) is 0 Å². The van der Waals surface area contributed by atoms with Gasteiger partial charge >= 0.3 is 5.97 Å². The molecule has 0 bridgehead atoms. The lowest BCUT2D eigenvalue weighted by Crippen LogP contribution is -2.11. The second-order valence-electron chi connectivity index (χ2n) is 4.00. The van der Waals surface area contributed by atoms with Crippen LogP contribution in [0.4, 0.5) is 11.5 Å². The van der Waals surface area contributed by atoms with Crippen molar-refractivity contribution in [3.05, 3.63) is 17.8 Å². The predicted octanol–water partition coefficient (Wildman–Crippen LogP) is 1.68. The third-order valence-corrected chi connectivity index (χ3v) is 2.51. The summed E-state index contributed by atoms with van der Waals surface area (Å²) in [5.74, 6) is 0.194. The maximum Gasteiger partial charge on any atom is 0.340 e. The zero-order valence-corrected chi connectivity index (χ0v) is 11.4. The van der Waals surface area contributed by atoms with Crippen LogP contribution in [0, 0.1) is 0 Å². The normalized spacial score (nSPS) is 10.2. The van der Waals surface area contributed by atoms with Gasteiger partial charge in [0.15, 0.2) is 0 Å². The maximum atomic E-state index is 11.7. The van der Waals surface area contributed by atoms with Crippen molar-refractivity contribution in [3.8, 4) is 0 Å². The van der Waals surface area contributed by atoms with Gasteiger partial charge in [0.2, 0.25) is 0 Å². The monoisotopic (exact) mass is 267 g/mol. The van der Waals surface area contributed by atoms with E-state index in [1.54, 1.807) is 20.1 Å². The van der Waals surface area contributed by atoms with Crippen LogP contribution in [0.15, 0.2) is 12.3 Å². The number of anilines is 2. The highest BCUT2D eigenvalue weighted by Gasteiger charge is 2.12. The molecule has 0 aromatic carbocycles. The Morgan fingerprint density at radius 1 is 1.47 bits per heavy atom. The second-order valence-corrected chi connectivity index (χ2v) is 4.00. The highest BCUT2D eigenvalue weighted by molar-refractivity contribution is 5.95. The number of rotatable bonds is 8. The zero-order valence-electron chi connectivity index (χ0n) is 11.4. The molecular formula is C13H21N3O3.